The SMILES string of the molecule is CCOC(=O)c1noc2ncnc(NCc3ccccc3OCC)c12. The van der Waals surface area contributed by atoms with Crippen molar-refractivity contribution in [3.63, 3.8) is 0 Å². The van der Waals surface area contributed by atoms with E-state index in [2.05, 4.69) is 20.4 Å². The molecule has 0 aliphatic heterocycles. The lowest BCUT2D eigenvalue weighted by molar-refractivity contribution is 0.0517. The Hall–Kier alpha value is -3.16. The molecule has 0 bridgehead atoms. The third-order valence-corrected chi connectivity index (χ3v) is 3.46. The molecule has 130 valence electrons. The topological polar surface area (TPSA) is 99.4 Å². The number of rotatable bonds is 7. The number of nitrogens with one attached hydrogen (secondary N) is 1. The summed E-state index contributed by atoms with van der Waals surface area (Å²) in [7, 11) is 0. The number of nitrogens with zero attached hydrogens (tertiary/aromatic N) is 3. The summed E-state index contributed by atoms with van der Waals surface area (Å²) in [5, 5.41) is 7.35. The van der Waals surface area contributed by atoms with E-state index in [9.17, 15) is 4.79 Å². The first-order valence-corrected chi connectivity index (χ1v) is 7.96. The third-order valence-electron chi connectivity index (χ3n) is 3.46. The van der Waals surface area contributed by atoms with Gasteiger partial charge in [-0.2, -0.15) is 4.98 Å². The number of carbonyl (C=O) groups is 1. The van der Waals surface area contributed by atoms with Crippen molar-refractivity contribution in [3.05, 3.63) is 41.9 Å². The fourth-order valence-electron chi connectivity index (χ4n) is 2.38. The second kappa shape index (κ2) is 7.61. The second-order valence-corrected chi connectivity index (χ2v) is 5.05. The number of fused-ring (bicyclic) bond motifs is 1. The van der Waals surface area contributed by atoms with Crippen molar-refractivity contribution in [3.8, 4) is 5.75 Å². The number of aromatic nitrogens is 3. The van der Waals surface area contributed by atoms with Crippen molar-refractivity contribution >= 4 is 22.9 Å². The van der Waals surface area contributed by atoms with Crippen LogP contribution in [-0.2, 0) is 11.3 Å². The molecule has 2 heterocycles. The van der Waals surface area contributed by atoms with Crippen LogP contribution < -0.4 is 10.1 Å². The molecule has 0 radical (unpaired) electrons. The van der Waals surface area contributed by atoms with Gasteiger partial charge in [-0.25, -0.2) is 9.78 Å². The summed E-state index contributed by atoms with van der Waals surface area (Å²) < 4.78 is 15.7. The molecule has 1 N–H and O–H groups in total. The van der Waals surface area contributed by atoms with Crippen LogP contribution in [0, 0.1) is 0 Å². The molecule has 0 aliphatic rings. The highest BCUT2D eigenvalue weighted by atomic mass is 16.5. The molecule has 2 aromatic heterocycles. The van der Waals surface area contributed by atoms with Gasteiger partial charge in [0.05, 0.1) is 13.2 Å². The first-order chi connectivity index (χ1) is 12.2. The van der Waals surface area contributed by atoms with Gasteiger partial charge in [0.15, 0.2) is 0 Å². The summed E-state index contributed by atoms with van der Waals surface area (Å²) in [6.45, 7) is 4.93. The molecule has 0 saturated carbocycles. The van der Waals surface area contributed by atoms with Crippen LogP contribution in [0.2, 0.25) is 0 Å². The number of anilines is 1. The standard InChI is InChI=1S/C17H18N4O4/c1-3-23-12-8-6-5-7-11(12)9-18-15-13-14(17(22)24-4-2)21-25-16(13)20-10-19-15/h5-8,10H,3-4,9H2,1-2H3,(H,18,19,20). The summed E-state index contributed by atoms with van der Waals surface area (Å²) >= 11 is 0. The zero-order chi connectivity index (χ0) is 17.6. The van der Waals surface area contributed by atoms with E-state index < -0.39 is 5.97 Å². The maximum Gasteiger partial charge on any atom is 0.361 e. The Balaban J connectivity index is 1.89. The van der Waals surface area contributed by atoms with Crippen LogP contribution in [-0.4, -0.2) is 34.3 Å². The lowest BCUT2D eigenvalue weighted by atomic mass is 10.2. The van der Waals surface area contributed by atoms with Gasteiger partial charge < -0.3 is 19.3 Å². The number of ether oxygens (including phenoxy) is 2. The Kier molecular flexibility index (Phi) is 5.08. The lowest BCUT2D eigenvalue weighted by Gasteiger charge is -2.11. The molecular weight excluding hydrogens is 324 g/mol. The predicted molar refractivity (Wildman–Crippen MR) is 90.5 cm³/mol. The van der Waals surface area contributed by atoms with Gasteiger partial charge in [0, 0.05) is 12.1 Å². The molecule has 8 nitrogen and oxygen atoms in total. The predicted octanol–water partition coefficient (Wildman–Crippen LogP) is 2.81. The molecule has 0 saturated heterocycles. The van der Waals surface area contributed by atoms with Crippen LogP contribution in [0.15, 0.2) is 35.1 Å². The van der Waals surface area contributed by atoms with E-state index in [0.717, 1.165) is 11.3 Å². The lowest BCUT2D eigenvalue weighted by Crippen LogP contribution is -2.08. The molecule has 25 heavy (non-hydrogen) atoms. The van der Waals surface area contributed by atoms with E-state index in [4.69, 9.17) is 14.0 Å². The van der Waals surface area contributed by atoms with Gasteiger partial charge in [0.1, 0.15) is 23.3 Å². The maximum atomic E-state index is 12.0. The van der Waals surface area contributed by atoms with Gasteiger partial charge in [-0.15, -0.1) is 0 Å². The normalized spacial score (nSPS) is 10.6. The molecule has 3 rings (SSSR count). The van der Waals surface area contributed by atoms with E-state index in [1.807, 2.05) is 31.2 Å². The Morgan fingerprint density at radius 3 is 2.84 bits per heavy atom. The third kappa shape index (κ3) is 3.52. The van der Waals surface area contributed by atoms with Gasteiger partial charge in [-0.05, 0) is 19.9 Å². The summed E-state index contributed by atoms with van der Waals surface area (Å²) in [6, 6.07) is 7.70. The van der Waals surface area contributed by atoms with Crippen LogP contribution in [0.1, 0.15) is 29.9 Å². The molecule has 0 aliphatic carbocycles. The van der Waals surface area contributed by atoms with E-state index in [-0.39, 0.29) is 18.0 Å². The maximum absolute atomic E-state index is 12.0. The van der Waals surface area contributed by atoms with E-state index in [1.165, 1.54) is 6.33 Å². The van der Waals surface area contributed by atoms with Crippen molar-refractivity contribution in [2.75, 3.05) is 18.5 Å². The number of para-hydroxylation sites is 1. The molecular formula is C17H18N4O4. The Morgan fingerprint density at radius 2 is 2.04 bits per heavy atom. The first kappa shape index (κ1) is 16.7. The number of carbonyl (C=O) groups excluding carboxylic acids is 1. The van der Waals surface area contributed by atoms with Crippen molar-refractivity contribution in [1.29, 1.82) is 0 Å². The number of hydrogen-bond acceptors (Lipinski definition) is 8. The Labute approximate surface area is 144 Å². The second-order valence-electron chi connectivity index (χ2n) is 5.05. The average molecular weight is 342 g/mol. The summed E-state index contributed by atoms with van der Waals surface area (Å²) in [5.41, 5.74) is 1.24. The van der Waals surface area contributed by atoms with Gasteiger partial charge in [-0.3, -0.25) is 0 Å². The number of esters is 1. The quantitative estimate of drug-likeness (QED) is 0.654. The minimum Gasteiger partial charge on any atom is -0.494 e. The first-order valence-electron chi connectivity index (χ1n) is 7.96. The summed E-state index contributed by atoms with van der Waals surface area (Å²) in [6.07, 6.45) is 1.35. The van der Waals surface area contributed by atoms with Crippen molar-refractivity contribution in [2.45, 2.75) is 20.4 Å². The van der Waals surface area contributed by atoms with Crippen molar-refractivity contribution in [2.24, 2.45) is 0 Å². The highest BCUT2D eigenvalue weighted by Gasteiger charge is 2.22. The van der Waals surface area contributed by atoms with Gasteiger partial charge >= 0.3 is 5.97 Å². The van der Waals surface area contributed by atoms with E-state index in [0.29, 0.717) is 24.4 Å². The summed E-state index contributed by atoms with van der Waals surface area (Å²) in [5.74, 6) is 0.660. The summed E-state index contributed by atoms with van der Waals surface area (Å²) in [4.78, 5) is 20.2. The van der Waals surface area contributed by atoms with E-state index in [1.54, 1.807) is 6.92 Å². The molecule has 0 fully saturated rings. The molecule has 0 atom stereocenters. The van der Waals surface area contributed by atoms with Gasteiger partial charge in [0.25, 0.3) is 5.71 Å². The molecule has 1 aromatic carbocycles. The van der Waals surface area contributed by atoms with Crippen LogP contribution in [0.3, 0.4) is 0 Å². The Bertz CT molecular complexity index is 878. The highest BCUT2D eigenvalue weighted by molar-refractivity contribution is 6.04. The largest absolute Gasteiger partial charge is 0.494 e. The average Bonchev–Trinajstić information content (AvgIpc) is 3.06. The zero-order valence-electron chi connectivity index (χ0n) is 14.0. The molecule has 0 unspecified atom stereocenters. The minimum atomic E-state index is -0.575. The molecule has 0 spiro atoms. The van der Waals surface area contributed by atoms with Crippen molar-refractivity contribution in [1.82, 2.24) is 15.1 Å². The van der Waals surface area contributed by atoms with Crippen molar-refractivity contribution < 1.29 is 18.8 Å². The zero-order valence-corrected chi connectivity index (χ0v) is 14.0. The minimum absolute atomic E-state index is 0.0537. The molecule has 0 amide bonds. The van der Waals surface area contributed by atoms with Gasteiger partial charge in [-0.1, -0.05) is 23.4 Å². The fourth-order valence-corrected chi connectivity index (χ4v) is 2.38. The van der Waals surface area contributed by atoms with Crippen LogP contribution in [0.4, 0.5) is 5.82 Å². The number of benzene rings is 1. The van der Waals surface area contributed by atoms with Crippen LogP contribution >= 0.6 is 0 Å². The van der Waals surface area contributed by atoms with Crippen LogP contribution in [0.5, 0.6) is 5.75 Å². The monoisotopic (exact) mass is 342 g/mol. The van der Waals surface area contributed by atoms with Gasteiger partial charge in [0.2, 0.25) is 5.69 Å². The van der Waals surface area contributed by atoms with E-state index >= 15 is 0 Å². The molecule has 8 heteroatoms. The highest BCUT2D eigenvalue weighted by Crippen LogP contribution is 2.25. The number of hydrogen-bond donors (Lipinski definition) is 1. The van der Waals surface area contributed by atoms with Crippen LogP contribution in [0.25, 0.3) is 11.1 Å². The molecule has 3 aromatic rings. The Morgan fingerprint density at radius 1 is 1.20 bits per heavy atom. The smallest absolute Gasteiger partial charge is 0.361 e. The fraction of sp³-hybridized carbons (Fsp3) is 0.294.